The molecule has 0 spiro atoms. The Morgan fingerprint density at radius 2 is 1.86 bits per heavy atom. The van der Waals surface area contributed by atoms with Gasteiger partial charge in [0.05, 0.1) is 6.54 Å². The van der Waals surface area contributed by atoms with Gasteiger partial charge in [0.15, 0.2) is 11.6 Å². The zero-order chi connectivity index (χ0) is 19.9. The van der Waals surface area contributed by atoms with Crippen LogP contribution >= 0.6 is 0 Å². The van der Waals surface area contributed by atoms with E-state index in [9.17, 15) is 9.59 Å². The Labute approximate surface area is 166 Å². The molecule has 3 heteroatoms. The lowest BCUT2D eigenvalue weighted by atomic mass is 9.94. The Hall–Kier alpha value is -3.20. The summed E-state index contributed by atoms with van der Waals surface area (Å²) in [4.78, 5) is 24.4. The van der Waals surface area contributed by atoms with E-state index in [0.717, 1.165) is 23.2 Å². The van der Waals surface area contributed by atoms with Crippen molar-refractivity contribution in [2.45, 2.75) is 26.2 Å². The second-order valence-corrected chi connectivity index (χ2v) is 6.84. The summed E-state index contributed by atoms with van der Waals surface area (Å²) >= 11 is 0. The van der Waals surface area contributed by atoms with Gasteiger partial charge in [-0.1, -0.05) is 61.5 Å². The topological polar surface area (TPSA) is 46.2 Å². The van der Waals surface area contributed by atoms with E-state index in [1.54, 1.807) is 12.1 Å². The van der Waals surface area contributed by atoms with Crippen LogP contribution in [-0.4, -0.2) is 18.1 Å². The molecule has 0 aliphatic heterocycles. The predicted octanol–water partition coefficient (Wildman–Crippen LogP) is 5.38. The molecule has 0 atom stereocenters. The van der Waals surface area contributed by atoms with Gasteiger partial charge in [-0.3, -0.25) is 9.59 Å². The van der Waals surface area contributed by atoms with Gasteiger partial charge < -0.3 is 5.32 Å². The monoisotopic (exact) mass is 371 g/mol. The Morgan fingerprint density at radius 3 is 2.64 bits per heavy atom. The van der Waals surface area contributed by atoms with Crippen molar-refractivity contribution >= 4 is 28.0 Å². The minimum absolute atomic E-state index is 0.0974. The molecule has 0 saturated carbocycles. The van der Waals surface area contributed by atoms with E-state index in [4.69, 9.17) is 0 Å². The van der Waals surface area contributed by atoms with Crippen molar-refractivity contribution in [1.29, 1.82) is 0 Å². The summed E-state index contributed by atoms with van der Waals surface area (Å²) in [5.74, 6) is 0.202. The summed E-state index contributed by atoms with van der Waals surface area (Å²) < 4.78 is 0. The van der Waals surface area contributed by atoms with Crippen molar-refractivity contribution in [2.75, 3.05) is 11.9 Å². The van der Waals surface area contributed by atoms with E-state index < -0.39 is 0 Å². The van der Waals surface area contributed by atoms with Crippen molar-refractivity contribution in [3.05, 3.63) is 90.0 Å². The predicted molar refractivity (Wildman–Crippen MR) is 116 cm³/mol. The first-order valence-corrected chi connectivity index (χ1v) is 9.61. The molecule has 0 amide bonds. The van der Waals surface area contributed by atoms with Crippen LogP contribution in [0.15, 0.2) is 73.3 Å². The maximum atomic E-state index is 12.6. The number of fused-ring (bicyclic) bond motifs is 1. The molecule has 0 saturated heterocycles. The molecule has 0 unspecified atom stereocenters. The Bertz CT molecular complexity index is 1020. The van der Waals surface area contributed by atoms with Crippen LogP contribution < -0.4 is 5.32 Å². The third-order valence-corrected chi connectivity index (χ3v) is 4.87. The lowest BCUT2D eigenvalue weighted by Gasteiger charge is -2.12. The lowest BCUT2D eigenvalue weighted by Crippen LogP contribution is -2.17. The highest BCUT2D eigenvalue weighted by molar-refractivity contribution is 5.97. The van der Waals surface area contributed by atoms with E-state index in [1.807, 2.05) is 43.3 Å². The maximum absolute atomic E-state index is 12.6. The van der Waals surface area contributed by atoms with Gasteiger partial charge in [-0.05, 0) is 40.5 Å². The molecule has 0 aliphatic carbocycles. The smallest absolute Gasteiger partial charge is 0.162 e. The van der Waals surface area contributed by atoms with Gasteiger partial charge in [0.1, 0.15) is 0 Å². The first-order chi connectivity index (χ1) is 13.6. The molecule has 142 valence electrons. The molecule has 0 bridgehead atoms. The fourth-order valence-electron chi connectivity index (χ4n) is 3.41. The number of nitrogens with one attached hydrogen (secondary N) is 1. The van der Waals surface area contributed by atoms with E-state index in [-0.39, 0.29) is 18.1 Å². The van der Waals surface area contributed by atoms with E-state index in [1.165, 1.54) is 10.8 Å². The standard InChI is InChI=1S/C25H25NO2/c1-3-8-23-19(14-13-18-9-5-6-12-24(18)23)16-22(27)17-26-21-11-7-10-20(15-21)25(28)4-2/h3,5-7,9-15,26H,1,4,8,16-17H2,2H3. The zero-order valence-corrected chi connectivity index (χ0v) is 16.2. The molecular formula is C25H25NO2. The quantitative estimate of drug-likeness (QED) is 0.405. The summed E-state index contributed by atoms with van der Waals surface area (Å²) in [6.45, 7) is 5.93. The second-order valence-electron chi connectivity index (χ2n) is 6.84. The fraction of sp³-hybridized carbons (Fsp3) is 0.200. The number of carbonyl (C=O) groups excluding carboxylic acids is 2. The van der Waals surface area contributed by atoms with Crippen molar-refractivity contribution in [2.24, 2.45) is 0 Å². The Balaban J connectivity index is 1.72. The van der Waals surface area contributed by atoms with Gasteiger partial charge in [0.2, 0.25) is 0 Å². The highest BCUT2D eigenvalue weighted by Crippen LogP contribution is 2.24. The summed E-state index contributed by atoms with van der Waals surface area (Å²) in [5.41, 5.74) is 3.66. The number of Topliss-reactive ketones (excluding diaryl/α,β-unsaturated/α-hetero) is 2. The molecule has 3 aromatic rings. The molecule has 28 heavy (non-hydrogen) atoms. The first kappa shape index (κ1) is 19.6. The van der Waals surface area contributed by atoms with Crippen molar-refractivity contribution in [1.82, 2.24) is 0 Å². The fourth-order valence-corrected chi connectivity index (χ4v) is 3.41. The minimum atomic E-state index is 0.0974. The summed E-state index contributed by atoms with van der Waals surface area (Å²) in [7, 11) is 0. The van der Waals surface area contributed by atoms with Crippen LogP contribution in [0.5, 0.6) is 0 Å². The molecule has 0 fully saturated rings. The van der Waals surface area contributed by atoms with Crippen molar-refractivity contribution in [3.8, 4) is 0 Å². The van der Waals surface area contributed by atoms with E-state index >= 15 is 0 Å². The molecular weight excluding hydrogens is 346 g/mol. The lowest BCUT2D eigenvalue weighted by molar-refractivity contribution is -0.116. The molecule has 0 aromatic heterocycles. The number of rotatable bonds is 9. The van der Waals surface area contributed by atoms with Crippen LogP contribution in [0, 0.1) is 0 Å². The highest BCUT2D eigenvalue weighted by atomic mass is 16.1. The average Bonchev–Trinajstić information content (AvgIpc) is 2.73. The van der Waals surface area contributed by atoms with Crippen LogP contribution in [0.4, 0.5) is 5.69 Å². The highest BCUT2D eigenvalue weighted by Gasteiger charge is 2.11. The van der Waals surface area contributed by atoms with Gasteiger partial charge in [0.25, 0.3) is 0 Å². The molecule has 1 N–H and O–H groups in total. The average molecular weight is 371 g/mol. The summed E-state index contributed by atoms with van der Waals surface area (Å²) in [5, 5.41) is 5.50. The van der Waals surface area contributed by atoms with E-state index in [2.05, 4.69) is 30.1 Å². The van der Waals surface area contributed by atoms with Gasteiger partial charge in [-0.25, -0.2) is 0 Å². The van der Waals surface area contributed by atoms with Gasteiger partial charge in [0, 0.05) is 24.1 Å². The summed E-state index contributed by atoms with van der Waals surface area (Å²) in [6.07, 6.45) is 3.45. The first-order valence-electron chi connectivity index (χ1n) is 9.61. The van der Waals surface area contributed by atoms with Crippen molar-refractivity contribution in [3.63, 3.8) is 0 Å². The number of hydrogen-bond donors (Lipinski definition) is 1. The van der Waals surface area contributed by atoms with Crippen molar-refractivity contribution < 1.29 is 9.59 Å². The minimum Gasteiger partial charge on any atom is -0.378 e. The Kier molecular flexibility index (Phi) is 6.38. The number of ketones is 2. The number of benzene rings is 3. The van der Waals surface area contributed by atoms with E-state index in [0.29, 0.717) is 18.4 Å². The van der Waals surface area contributed by atoms with Crippen LogP contribution in [0.25, 0.3) is 10.8 Å². The third kappa shape index (κ3) is 4.55. The molecule has 3 aromatic carbocycles. The Morgan fingerprint density at radius 1 is 1.04 bits per heavy atom. The van der Waals surface area contributed by atoms with Gasteiger partial charge in [-0.2, -0.15) is 0 Å². The SMILES string of the molecule is C=CCc1c(CC(=O)CNc2cccc(C(=O)CC)c2)ccc2ccccc12. The molecule has 0 aliphatic rings. The second kappa shape index (κ2) is 9.14. The number of hydrogen-bond acceptors (Lipinski definition) is 3. The normalized spacial score (nSPS) is 10.6. The molecule has 3 rings (SSSR count). The van der Waals surface area contributed by atoms with Gasteiger partial charge >= 0.3 is 0 Å². The zero-order valence-electron chi connectivity index (χ0n) is 16.2. The van der Waals surface area contributed by atoms with Gasteiger partial charge in [-0.15, -0.1) is 6.58 Å². The number of carbonyl (C=O) groups is 2. The maximum Gasteiger partial charge on any atom is 0.162 e. The van der Waals surface area contributed by atoms with Crippen LogP contribution in [0.2, 0.25) is 0 Å². The van der Waals surface area contributed by atoms with Crippen LogP contribution in [-0.2, 0) is 17.6 Å². The summed E-state index contributed by atoms with van der Waals surface area (Å²) in [6, 6.07) is 19.6. The molecule has 0 radical (unpaired) electrons. The number of anilines is 1. The van der Waals surface area contributed by atoms with Crippen LogP contribution in [0.3, 0.4) is 0 Å². The number of allylic oxidation sites excluding steroid dienone is 1. The van der Waals surface area contributed by atoms with Crippen LogP contribution in [0.1, 0.15) is 34.8 Å². The third-order valence-electron chi connectivity index (χ3n) is 4.87. The molecule has 3 nitrogen and oxygen atoms in total. The molecule has 0 heterocycles. The largest absolute Gasteiger partial charge is 0.378 e.